The van der Waals surface area contributed by atoms with Crippen LogP contribution < -0.4 is 0 Å². The fourth-order valence-electron chi connectivity index (χ4n) is 1.49. The molecule has 2 rings (SSSR count). The molecule has 74 valence electrons. The molecule has 0 spiro atoms. The van der Waals surface area contributed by atoms with Crippen molar-refractivity contribution in [3.8, 4) is 0 Å². The minimum atomic E-state index is 0.490. The summed E-state index contributed by atoms with van der Waals surface area (Å²) in [7, 11) is 0. The van der Waals surface area contributed by atoms with Crippen molar-refractivity contribution in [3.05, 3.63) is 40.1 Å². The van der Waals surface area contributed by atoms with Crippen LogP contribution in [-0.2, 0) is 0 Å². The van der Waals surface area contributed by atoms with E-state index >= 15 is 0 Å². The third kappa shape index (κ3) is 2.05. The van der Waals surface area contributed by atoms with Crippen molar-refractivity contribution < 1.29 is 0 Å². The first kappa shape index (κ1) is 9.49. The maximum absolute atomic E-state index is 11.0. The van der Waals surface area contributed by atoms with E-state index in [-0.39, 0.29) is 0 Å². The van der Waals surface area contributed by atoms with Crippen LogP contribution in [0.5, 0.6) is 0 Å². The monoisotopic (exact) mass is 209 g/mol. The van der Waals surface area contributed by atoms with Gasteiger partial charge in [0.15, 0.2) is 0 Å². The summed E-state index contributed by atoms with van der Waals surface area (Å²) in [6, 6.07) is 7.43. The Morgan fingerprint density at radius 2 is 2.29 bits per heavy atom. The average molecular weight is 210 g/mol. The third-order valence-corrected chi connectivity index (χ3v) is 2.39. The summed E-state index contributed by atoms with van der Waals surface area (Å²) in [4.78, 5) is 0. The van der Waals surface area contributed by atoms with E-state index in [1.807, 2.05) is 24.3 Å². The summed E-state index contributed by atoms with van der Waals surface area (Å²) < 4.78 is 0. The molecule has 0 N–H and O–H groups in total. The van der Waals surface area contributed by atoms with Gasteiger partial charge in [0.1, 0.15) is 0 Å². The molecule has 0 fully saturated rings. The molecule has 0 saturated carbocycles. The lowest BCUT2D eigenvalue weighted by molar-refractivity contribution is 0.378. The first-order valence-corrected chi connectivity index (χ1v) is 4.91. The van der Waals surface area contributed by atoms with Gasteiger partial charge in [-0.15, -0.1) is 0 Å². The van der Waals surface area contributed by atoms with Crippen molar-refractivity contribution in [3.63, 3.8) is 0 Å². The Morgan fingerprint density at radius 3 is 3.00 bits per heavy atom. The first-order valence-electron chi connectivity index (χ1n) is 4.54. The van der Waals surface area contributed by atoms with E-state index in [1.165, 1.54) is 0 Å². The minimum Gasteiger partial charge on any atom is -0.742 e. The molecular weight excluding hydrogens is 200 g/mol. The molecule has 0 aromatic heterocycles. The number of hydroxylamine groups is 1. The number of hydrogen-bond donors (Lipinski definition) is 0. The molecule has 3 nitrogen and oxygen atoms in total. The third-order valence-electron chi connectivity index (χ3n) is 2.15. The molecule has 1 aromatic carbocycles. The van der Waals surface area contributed by atoms with Crippen LogP contribution in [0.3, 0.4) is 0 Å². The van der Waals surface area contributed by atoms with Crippen LogP contribution in [-0.4, -0.2) is 17.4 Å². The van der Waals surface area contributed by atoms with Gasteiger partial charge in [-0.2, -0.15) is 5.10 Å². The molecule has 0 bridgehead atoms. The van der Waals surface area contributed by atoms with Gasteiger partial charge in [0, 0.05) is 11.6 Å². The van der Waals surface area contributed by atoms with E-state index in [4.69, 9.17) is 11.6 Å². The highest BCUT2D eigenvalue weighted by Crippen LogP contribution is 2.16. The van der Waals surface area contributed by atoms with Crippen LogP contribution >= 0.6 is 11.6 Å². The smallest absolute Gasteiger partial charge is 0.0669 e. The second kappa shape index (κ2) is 3.98. The van der Waals surface area contributed by atoms with Gasteiger partial charge in [0.2, 0.25) is 0 Å². The SMILES string of the molecule is [O-]N1CCCC(c2cccc(Cl)c2)=N1. The van der Waals surface area contributed by atoms with Crippen molar-refractivity contribution in [2.24, 2.45) is 5.10 Å². The van der Waals surface area contributed by atoms with E-state index in [0.29, 0.717) is 11.6 Å². The molecule has 1 aliphatic heterocycles. The van der Waals surface area contributed by atoms with E-state index in [0.717, 1.165) is 29.3 Å². The van der Waals surface area contributed by atoms with Gasteiger partial charge in [0.05, 0.1) is 5.71 Å². The van der Waals surface area contributed by atoms with Gasteiger partial charge in [-0.1, -0.05) is 23.7 Å². The Hall–Kier alpha value is -1.06. The van der Waals surface area contributed by atoms with Gasteiger partial charge in [0.25, 0.3) is 0 Å². The predicted octanol–water partition coefficient (Wildman–Crippen LogP) is 2.64. The lowest BCUT2D eigenvalue weighted by Crippen LogP contribution is -2.21. The molecule has 0 atom stereocenters. The van der Waals surface area contributed by atoms with Gasteiger partial charge >= 0.3 is 0 Å². The maximum atomic E-state index is 11.0. The summed E-state index contributed by atoms with van der Waals surface area (Å²) in [5, 5.41) is 16.4. The van der Waals surface area contributed by atoms with Crippen molar-refractivity contribution in [2.75, 3.05) is 6.54 Å². The second-order valence-corrected chi connectivity index (χ2v) is 3.67. The maximum Gasteiger partial charge on any atom is 0.0669 e. The van der Waals surface area contributed by atoms with Crippen LogP contribution in [0.4, 0.5) is 0 Å². The van der Waals surface area contributed by atoms with Gasteiger partial charge in [-0.25, -0.2) is 0 Å². The lowest BCUT2D eigenvalue weighted by atomic mass is 10.1. The standard InChI is InChI=1S/C10H10ClN2O/c11-9-4-1-3-8(7-9)10-5-2-6-13(14)12-10/h1,3-4,7H,2,5-6H2/q-1. The Balaban J connectivity index is 2.30. The average Bonchev–Trinajstić information content (AvgIpc) is 2.18. The van der Waals surface area contributed by atoms with Crippen molar-refractivity contribution in [1.82, 2.24) is 5.17 Å². The fraction of sp³-hybridized carbons (Fsp3) is 0.300. The molecule has 0 radical (unpaired) electrons. The first-order chi connectivity index (χ1) is 6.75. The number of rotatable bonds is 1. The number of halogens is 1. The number of nitrogens with zero attached hydrogens (tertiary/aromatic N) is 2. The zero-order valence-electron chi connectivity index (χ0n) is 7.61. The van der Waals surface area contributed by atoms with Crippen molar-refractivity contribution in [2.45, 2.75) is 12.8 Å². The predicted molar refractivity (Wildman–Crippen MR) is 57.3 cm³/mol. The normalized spacial score (nSPS) is 16.7. The van der Waals surface area contributed by atoms with Gasteiger partial charge in [-0.05, 0) is 30.5 Å². The highest BCUT2D eigenvalue weighted by molar-refractivity contribution is 6.31. The Kier molecular flexibility index (Phi) is 2.70. The van der Waals surface area contributed by atoms with Crippen molar-refractivity contribution >= 4 is 17.3 Å². The molecule has 4 heteroatoms. The molecular formula is C10H10ClN2O-. The zero-order valence-corrected chi connectivity index (χ0v) is 8.37. The quantitative estimate of drug-likeness (QED) is 0.713. The number of hydrazone groups is 1. The summed E-state index contributed by atoms with van der Waals surface area (Å²) >= 11 is 5.85. The summed E-state index contributed by atoms with van der Waals surface area (Å²) in [5.74, 6) is 0. The van der Waals surface area contributed by atoms with Crippen molar-refractivity contribution in [1.29, 1.82) is 0 Å². The summed E-state index contributed by atoms with van der Waals surface area (Å²) in [5.41, 5.74) is 1.77. The van der Waals surface area contributed by atoms with Crippen LogP contribution in [0.1, 0.15) is 18.4 Å². The molecule has 1 aromatic rings. The molecule has 14 heavy (non-hydrogen) atoms. The van der Waals surface area contributed by atoms with E-state index in [2.05, 4.69) is 5.10 Å². The van der Waals surface area contributed by atoms with E-state index in [9.17, 15) is 5.21 Å². The summed E-state index contributed by atoms with van der Waals surface area (Å²) in [6.07, 6.45) is 1.70. The molecule has 0 amide bonds. The van der Waals surface area contributed by atoms with E-state index < -0.39 is 0 Å². The fourth-order valence-corrected chi connectivity index (χ4v) is 1.68. The molecule has 0 saturated heterocycles. The highest BCUT2D eigenvalue weighted by Gasteiger charge is 2.08. The van der Waals surface area contributed by atoms with Gasteiger partial charge < -0.3 is 10.4 Å². The second-order valence-electron chi connectivity index (χ2n) is 3.24. The summed E-state index contributed by atoms with van der Waals surface area (Å²) in [6.45, 7) is 0.490. The van der Waals surface area contributed by atoms with Crippen LogP contribution in [0, 0.1) is 5.21 Å². The molecule has 1 aliphatic rings. The Morgan fingerprint density at radius 1 is 1.43 bits per heavy atom. The van der Waals surface area contributed by atoms with Crippen LogP contribution in [0.15, 0.2) is 29.4 Å². The minimum absolute atomic E-state index is 0.490. The Labute approximate surface area is 87.6 Å². The van der Waals surface area contributed by atoms with E-state index in [1.54, 1.807) is 0 Å². The zero-order chi connectivity index (χ0) is 9.97. The number of benzene rings is 1. The number of hydrogen-bond acceptors (Lipinski definition) is 3. The lowest BCUT2D eigenvalue weighted by Gasteiger charge is -2.29. The van der Waals surface area contributed by atoms with Crippen LogP contribution in [0.25, 0.3) is 0 Å². The van der Waals surface area contributed by atoms with Crippen LogP contribution in [0.2, 0.25) is 5.02 Å². The molecule has 0 unspecified atom stereocenters. The van der Waals surface area contributed by atoms with Gasteiger partial charge in [-0.3, -0.25) is 0 Å². The molecule has 0 aliphatic carbocycles. The topological polar surface area (TPSA) is 38.7 Å². The largest absolute Gasteiger partial charge is 0.742 e. The highest BCUT2D eigenvalue weighted by atomic mass is 35.5. The molecule has 1 heterocycles. The Bertz CT molecular complexity index is 365.